The number of hydrogen-bond donors (Lipinski definition) is 0. The number of ketones is 1. The smallest absolute Gasteiger partial charge is 0.231 e. The lowest BCUT2D eigenvalue weighted by Gasteiger charge is -2.33. The molecule has 5 rings (SSSR count). The van der Waals surface area contributed by atoms with Gasteiger partial charge >= 0.3 is 0 Å². The van der Waals surface area contributed by atoms with Crippen molar-refractivity contribution in [3.63, 3.8) is 0 Å². The zero-order valence-corrected chi connectivity index (χ0v) is 18.6. The third kappa shape index (κ3) is 3.46. The summed E-state index contributed by atoms with van der Waals surface area (Å²) in [5.74, 6) is 3.04. The van der Waals surface area contributed by atoms with Gasteiger partial charge in [-0.25, -0.2) is 0 Å². The van der Waals surface area contributed by atoms with Crippen LogP contribution in [0.1, 0.15) is 47.2 Å². The van der Waals surface area contributed by atoms with Gasteiger partial charge in [-0.15, -0.1) is 0 Å². The summed E-state index contributed by atoms with van der Waals surface area (Å²) in [6.45, 7) is 1.31. The predicted octanol–water partition coefficient (Wildman–Crippen LogP) is 4.42. The molecule has 168 valence electrons. The zero-order chi connectivity index (χ0) is 22.2. The van der Waals surface area contributed by atoms with Gasteiger partial charge in [0.1, 0.15) is 18.2 Å². The molecular formula is C25H27NO6. The Balaban J connectivity index is 1.47. The summed E-state index contributed by atoms with van der Waals surface area (Å²) in [5.41, 5.74) is 2.23. The second-order valence-corrected chi connectivity index (χ2v) is 8.28. The minimum Gasteiger partial charge on any atom is -0.493 e. The molecule has 0 N–H and O–H groups in total. The lowest BCUT2D eigenvalue weighted by molar-refractivity contribution is 0.0567. The van der Waals surface area contributed by atoms with Gasteiger partial charge in [-0.2, -0.15) is 0 Å². The van der Waals surface area contributed by atoms with Crippen LogP contribution in [0.25, 0.3) is 6.08 Å². The molecule has 0 aromatic heterocycles. The van der Waals surface area contributed by atoms with E-state index in [1.807, 2.05) is 6.07 Å². The van der Waals surface area contributed by atoms with Crippen molar-refractivity contribution in [1.29, 1.82) is 0 Å². The van der Waals surface area contributed by atoms with Gasteiger partial charge in [0.25, 0.3) is 0 Å². The number of nitrogens with zero attached hydrogens (tertiary/aromatic N) is 1. The molecule has 32 heavy (non-hydrogen) atoms. The number of hydrogen-bond acceptors (Lipinski definition) is 7. The molecule has 2 heterocycles. The standard InChI is InChI=1S/C25H27NO6/c1-28-21-11-15(12-22(29-2)25(21)30-3)10-20-23(27)17-8-9-19-18(24(17)32-20)13-26(14-31-19)16-6-4-5-7-16/h8-12,16H,4-7,13-14H2,1-3H3/b20-10-. The van der Waals surface area contributed by atoms with Crippen molar-refractivity contribution in [1.82, 2.24) is 4.90 Å². The zero-order valence-electron chi connectivity index (χ0n) is 18.6. The lowest BCUT2D eigenvalue weighted by atomic mass is 10.0. The molecule has 0 unspecified atom stereocenters. The van der Waals surface area contributed by atoms with Gasteiger partial charge in [0, 0.05) is 12.6 Å². The highest BCUT2D eigenvalue weighted by Gasteiger charge is 2.35. The summed E-state index contributed by atoms with van der Waals surface area (Å²) in [7, 11) is 4.67. The van der Waals surface area contributed by atoms with Crippen molar-refractivity contribution < 1.29 is 28.5 Å². The monoisotopic (exact) mass is 437 g/mol. The lowest BCUT2D eigenvalue weighted by Crippen LogP contribution is -2.39. The van der Waals surface area contributed by atoms with Crippen LogP contribution in [0, 0.1) is 0 Å². The highest BCUT2D eigenvalue weighted by atomic mass is 16.5. The van der Waals surface area contributed by atoms with E-state index in [9.17, 15) is 4.79 Å². The summed E-state index contributed by atoms with van der Waals surface area (Å²) in [6.07, 6.45) is 6.62. The van der Waals surface area contributed by atoms with Crippen LogP contribution >= 0.6 is 0 Å². The van der Waals surface area contributed by atoms with Gasteiger partial charge < -0.3 is 23.7 Å². The number of ether oxygens (including phenoxy) is 5. The van der Waals surface area contributed by atoms with E-state index in [2.05, 4.69) is 4.90 Å². The van der Waals surface area contributed by atoms with Gasteiger partial charge in [0.15, 0.2) is 17.3 Å². The molecule has 0 bridgehead atoms. The summed E-state index contributed by atoms with van der Waals surface area (Å²) in [5, 5.41) is 0. The maximum Gasteiger partial charge on any atom is 0.231 e. The summed E-state index contributed by atoms with van der Waals surface area (Å²) in [6, 6.07) is 7.77. The minimum atomic E-state index is -0.144. The Morgan fingerprint density at radius 1 is 1.03 bits per heavy atom. The minimum absolute atomic E-state index is 0.144. The molecule has 0 amide bonds. The van der Waals surface area contributed by atoms with Crippen LogP contribution in [0.2, 0.25) is 0 Å². The van der Waals surface area contributed by atoms with Crippen molar-refractivity contribution in [3.05, 3.63) is 46.7 Å². The molecule has 3 aliphatic rings. The maximum atomic E-state index is 13.1. The Morgan fingerprint density at radius 2 is 1.75 bits per heavy atom. The van der Waals surface area contributed by atoms with Crippen molar-refractivity contribution in [2.75, 3.05) is 28.1 Å². The molecule has 1 saturated carbocycles. The molecule has 0 atom stereocenters. The number of carbonyl (C=O) groups excluding carboxylic acids is 1. The van der Waals surface area contributed by atoms with Crippen LogP contribution in [0.5, 0.6) is 28.7 Å². The number of methoxy groups -OCH3 is 3. The van der Waals surface area contributed by atoms with Gasteiger partial charge in [-0.05, 0) is 48.7 Å². The van der Waals surface area contributed by atoms with E-state index in [0.717, 1.165) is 17.9 Å². The Morgan fingerprint density at radius 3 is 2.41 bits per heavy atom. The quantitative estimate of drug-likeness (QED) is 0.642. The summed E-state index contributed by atoms with van der Waals surface area (Å²) < 4.78 is 28.4. The Bertz CT molecular complexity index is 1060. The maximum absolute atomic E-state index is 13.1. The Kier molecular flexibility index (Phi) is 5.43. The van der Waals surface area contributed by atoms with Gasteiger partial charge in [-0.1, -0.05) is 12.8 Å². The first-order valence-corrected chi connectivity index (χ1v) is 10.9. The fourth-order valence-electron chi connectivity index (χ4n) is 4.82. The molecule has 0 saturated heterocycles. The van der Waals surface area contributed by atoms with Crippen LogP contribution < -0.4 is 23.7 Å². The van der Waals surface area contributed by atoms with E-state index in [1.54, 1.807) is 45.6 Å². The molecule has 1 aliphatic carbocycles. The van der Waals surface area contributed by atoms with E-state index < -0.39 is 0 Å². The summed E-state index contributed by atoms with van der Waals surface area (Å²) in [4.78, 5) is 15.5. The van der Waals surface area contributed by atoms with Crippen LogP contribution in [0.4, 0.5) is 0 Å². The molecule has 1 fully saturated rings. The van der Waals surface area contributed by atoms with Crippen LogP contribution in [-0.2, 0) is 6.54 Å². The molecule has 2 aromatic rings. The third-order valence-electron chi connectivity index (χ3n) is 6.47. The van der Waals surface area contributed by atoms with Gasteiger partial charge in [-0.3, -0.25) is 9.69 Å². The molecule has 7 nitrogen and oxygen atoms in total. The molecular weight excluding hydrogens is 410 g/mol. The van der Waals surface area contributed by atoms with E-state index in [0.29, 0.717) is 46.9 Å². The normalized spacial score (nSPS) is 19.3. The number of allylic oxidation sites excluding steroid dienone is 1. The number of fused-ring (bicyclic) bond motifs is 3. The van der Waals surface area contributed by atoms with Crippen molar-refractivity contribution in [2.45, 2.75) is 38.3 Å². The number of Topliss-reactive ketones (excluding diaryl/α,β-unsaturated/α-hetero) is 1. The summed E-state index contributed by atoms with van der Waals surface area (Å²) >= 11 is 0. The van der Waals surface area contributed by atoms with E-state index >= 15 is 0 Å². The average molecular weight is 437 g/mol. The van der Waals surface area contributed by atoms with Gasteiger partial charge in [0.05, 0.1) is 32.5 Å². The van der Waals surface area contributed by atoms with Crippen LogP contribution in [-0.4, -0.2) is 44.8 Å². The molecule has 0 spiro atoms. The van der Waals surface area contributed by atoms with Crippen molar-refractivity contribution >= 4 is 11.9 Å². The second kappa shape index (κ2) is 8.39. The molecule has 0 radical (unpaired) electrons. The highest BCUT2D eigenvalue weighted by Crippen LogP contribution is 2.44. The fraction of sp³-hybridized carbons (Fsp3) is 0.400. The predicted molar refractivity (Wildman–Crippen MR) is 119 cm³/mol. The van der Waals surface area contributed by atoms with E-state index in [4.69, 9.17) is 23.7 Å². The Labute approximate surface area is 187 Å². The molecule has 2 aromatic carbocycles. The van der Waals surface area contributed by atoms with Crippen molar-refractivity contribution in [2.24, 2.45) is 0 Å². The van der Waals surface area contributed by atoms with Crippen LogP contribution in [0.15, 0.2) is 30.0 Å². The Hall–Kier alpha value is -3.19. The topological polar surface area (TPSA) is 66.5 Å². The van der Waals surface area contributed by atoms with Crippen LogP contribution in [0.3, 0.4) is 0 Å². The van der Waals surface area contributed by atoms with Crippen molar-refractivity contribution in [3.8, 4) is 28.7 Å². The fourth-order valence-corrected chi connectivity index (χ4v) is 4.82. The largest absolute Gasteiger partial charge is 0.493 e. The number of carbonyl (C=O) groups is 1. The SMILES string of the molecule is COc1cc(/C=C2\Oc3c(ccc4c3CN(C3CCCC3)CO4)C2=O)cc(OC)c1OC. The molecule has 7 heteroatoms. The first-order valence-electron chi connectivity index (χ1n) is 10.9. The average Bonchev–Trinajstić information content (AvgIpc) is 3.47. The number of benzene rings is 2. The van der Waals surface area contributed by atoms with E-state index in [1.165, 1.54) is 25.7 Å². The van der Waals surface area contributed by atoms with Gasteiger partial charge in [0.2, 0.25) is 11.5 Å². The van der Waals surface area contributed by atoms with E-state index in [-0.39, 0.29) is 11.5 Å². The second-order valence-electron chi connectivity index (χ2n) is 8.28. The molecule has 2 aliphatic heterocycles. The number of rotatable bonds is 5. The third-order valence-corrected chi connectivity index (χ3v) is 6.47. The highest BCUT2D eigenvalue weighted by molar-refractivity contribution is 6.15. The first-order chi connectivity index (χ1) is 15.6. The first kappa shape index (κ1) is 20.7.